The number of hydrogen-bond acceptors (Lipinski definition) is 5. The van der Waals surface area contributed by atoms with Gasteiger partial charge in [0.25, 0.3) is 5.89 Å². The van der Waals surface area contributed by atoms with Crippen molar-refractivity contribution in [1.82, 2.24) is 19.9 Å². The maximum Gasteiger partial charge on any atom is 0.258 e. The van der Waals surface area contributed by atoms with Crippen LogP contribution in [0.5, 0.6) is 0 Å². The van der Waals surface area contributed by atoms with Crippen molar-refractivity contribution >= 4 is 21.6 Å². The van der Waals surface area contributed by atoms with Gasteiger partial charge in [-0.25, -0.2) is 4.68 Å². The first-order chi connectivity index (χ1) is 12.8. The highest BCUT2D eigenvalue weighted by Crippen LogP contribution is 2.35. The summed E-state index contributed by atoms with van der Waals surface area (Å²) in [7, 11) is 0. The number of nitrogens with zero attached hydrogens (tertiary/aromatic N) is 4. The van der Waals surface area contributed by atoms with Crippen molar-refractivity contribution in [2.24, 2.45) is 0 Å². The van der Waals surface area contributed by atoms with Gasteiger partial charge < -0.3 is 4.52 Å². The second kappa shape index (κ2) is 5.93. The highest BCUT2D eigenvalue weighted by molar-refractivity contribution is 7.21. The quantitative estimate of drug-likeness (QED) is 0.449. The molecule has 0 aliphatic rings. The van der Waals surface area contributed by atoms with E-state index in [2.05, 4.69) is 21.3 Å². The molecular weight excluding hydrogens is 344 g/mol. The number of aryl methyl sites for hydroxylation is 1. The fraction of sp³-hybridized carbons (Fsp3) is 0.0500. The third-order valence-electron chi connectivity index (χ3n) is 4.21. The van der Waals surface area contributed by atoms with Crippen LogP contribution in [0.15, 0.2) is 71.3 Å². The summed E-state index contributed by atoms with van der Waals surface area (Å²) < 4.78 is 7.42. The Morgan fingerprint density at radius 3 is 2.46 bits per heavy atom. The SMILES string of the molecule is Cc1nn(-c2ccccc2)c2sc(-c3noc(-c4ccccc4)n3)cc12. The third-order valence-corrected chi connectivity index (χ3v) is 5.32. The summed E-state index contributed by atoms with van der Waals surface area (Å²) in [5.74, 6) is 1.13. The topological polar surface area (TPSA) is 56.7 Å². The standard InChI is InChI=1S/C20H14N4OS/c1-13-16-12-17(18-21-19(25-23-18)14-8-4-2-5-9-14)26-20(16)24(22-13)15-10-6-3-7-11-15/h2-12H,1H3. The van der Waals surface area contributed by atoms with Crippen LogP contribution < -0.4 is 0 Å². The second-order valence-electron chi connectivity index (χ2n) is 5.95. The van der Waals surface area contributed by atoms with E-state index in [0.717, 1.165) is 32.0 Å². The Morgan fingerprint density at radius 2 is 1.69 bits per heavy atom. The molecule has 0 spiro atoms. The molecule has 0 fully saturated rings. The van der Waals surface area contributed by atoms with E-state index in [4.69, 9.17) is 4.52 Å². The maximum absolute atomic E-state index is 5.45. The molecular formula is C20H14N4OS. The summed E-state index contributed by atoms with van der Waals surface area (Å²) in [6.07, 6.45) is 0. The van der Waals surface area contributed by atoms with Crippen LogP contribution >= 0.6 is 11.3 Å². The van der Waals surface area contributed by atoms with Crippen LogP contribution in [0.1, 0.15) is 5.69 Å². The van der Waals surface area contributed by atoms with Gasteiger partial charge in [-0.05, 0) is 37.3 Å². The summed E-state index contributed by atoms with van der Waals surface area (Å²) in [4.78, 5) is 6.61. The van der Waals surface area contributed by atoms with Crippen molar-refractivity contribution in [2.45, 2.75) is 6.92 Å². The highest BCUT2D eigenvalue weighted by atomic mass is 32.1. The van der Waals surface area contributed by atoms with E-state index in [1.54, 1.807) is 11.3 Å². The lowest BCUT2D eigenvalue weighted by molar-refractivity contribution is 0.432. The van der Waals surface area contributed by atoms with E-state index < -0.39 is 0 Å². The molecule has 126 valence electrons. The van der Waals surface area contributed by atoms with Crippen LogP contribution in [-0.2, 0) is 0 Å². The van der Waals surface area contributed by atoms with Crippen LogP contribution in [-0.4, -0.2) is 19.9 Å². The fourth-order valence-corrected chi connectivity index (χ4v) is 4.03. The molecule has 3 heterocycles. The van der Waals surface area contributed by atoms with Crippen molar-refractivity contribution in [2.75, 3.05) is 0 Å². The molecule has 0 saturated carbocycles. The third kappa shape index (κ3) is 2.43. The predicted molar refractivity (Wildman–Crippen MR) is 102 cm³/mol. The monoisotopic (exact) mass is 358 g/mol. The molecule has 0 atom stereocenters. The van der Waals surface area contributed by atoms with Gasteiger partial charge in [-0.2, -0.15) is 10.1 Å². The lowest BCUT2D eigenvalue weighted by Gasteiger charge is -2.00. The van der Waals surface area contributed by atoms with Gasteiger partial charge in [0.05, 0.1) is 16.3 Å². The summed E-state index contributed by atoms with van der Waals surface area (Å²) in [5, 5.41) is 9.95. The number of para-hydroxylation sites is 1. The Hall–Kier alpha value is -3.25. The number of thiophene rings is 1. The van der Waals surface area contributed by atoms with Crippen LogP contribution in [0.25, 0.3) is 38.1 Å². The summed E-state index contributed by atoms with van der Waals surface area (Å²) in [6, 6.07) is 22.0. The van der Waals surface area contributed by atoms with E-state index in [0.29, 0.717) is 11.7 Å². The molecule has 0 bridgehead atoms. The van der Waals surface area contributed by atoms with E-state index in [-0.39, 0.29) is 0 Å². The van der Waals surface area contributed by atoms with Gasteiger partial charge in [0, 0.05) is 10.9 Å². The normalized spacial score (nSPS) is 11.3. The molecule has 3 aromatic heterocycles. The van der Waals surface area contributed by atoms with Gasteiger partial charge in [-0.3, -0.25) is 0 Å². The largest absolute Gasteiger partial charge is 0.334 e. The van der Waals surface area contributed by atoms with E-state index in [9.17, 15) is 0 Å². The van der Waals surface area contributed by atoms with Gasteiger partial charge >= 0.3 is 0 Å². The molecule has 5 nitrogen and oxygen atoms in total. The van der Waals surface area contributed by atoms with Crippen LogP contribution in [0, 0.1) is 6.92 Å². The Morgan fingerprint density at radius 1 is 0.962 bits per heavy atom. The van der Waals surface area contributed by atoms with Crippen LogP contribution in [0.2, 0.25) is 0 Å². The molecule has 0 unspecified atom stereocenters. The predicted octanol–water partition coefficient (Wildman–Crippen LogP) is 5.11. The lowest BCUT2D eigenvalue weighted by atomic mass is 10.2. The van der Waals surface area contributed by atoms with Crippen molar-refractivity contribution < 1.29 is 4.52 Å². The Kier molecular flexibility index (Phi) is 3.43. The number of fused-ring (bicyclic) bond motifs is 1. The molecule has 6 heteroatoms. The Labute approximate surface area is 153 Å². The average molecular weight is 358 g/mol. The smallest absolute Gasteiger partial charge is 0.258 e. The van der Waals surface area contributed by atoms with Gasteiger partial charge in [-0.1, -0.05) is 41.6 Å². The van der Waals surface area contributed by atoms with Gasteiger partial charge in [0.15, 0.2) is 0 Å². The zero-order valence-corrected chi connectivity index (χ0v) is 14.8. The lowest BCUT2D eigenvalue weighted by Crippen LogP contribution is -1.94. The molecule has 5 rings (SSSR count). The first-order valence-corrected chi connectivity index (χ1v) is 9.05. The molecule has 5 aromatic rings. The second-order valence-corrected chi connectivity index (χ2v) is 6.98. The van der Waals surface area contributed by atoms with Gasteiger partial charge in [-0.15, -0.1) is 11.3 Å². The average Bonchev–Trinajstić information content (AvgIpc) is 3.39. The summed E-state index contributed by atoms with van der Waals surface area (Å²) in [6.45, 7) is 2.02. The number of benzene rings is 2. The van der Waals surface area contributed by atoms with Crippen molar-refractivity contribution in [1.29, 1.82) is 0 Å². The van der Waals surface area contributed by atoms with E-state index in [1.807, 2.05) is 72.3 Å². The molecule has 2 aromatic carbocycles. The first kappa shape index (κ1) is 15.0. The molecule has 0 saturated heterocycles. The van der Waals surface area contributed by atoms with Gasteiger partial charge in [0.2, 0.25) is 5.82 Å². The Balaban J connectivity index is 1.60. The number of rotatable bonds is 3. The van der Waals surface area contributed by atoms with E-state index >= 15 is 0 Å². The summed E-state index contributed by atoms with van der Waals surface area (Å²) in [5.41, 5.74) is 2.94. The highest BCUT2D eigenvalue weighted by Gasteiger charge is 2.17. The summed E-state index contributed by atoms with van der Waals surface area (Å²) >= 11 is 1.62. The van der Waals surface area contributed by atoms with Crippen molar-refractivity contribution in [3.63, 3.8) is 0 Å². The zero-order valence-electron chi connectivity index (χ0n) is 14.0. The van der Waals surface area contributed by atoms with E-state index in [1.165, 1.54) is 0 Å². The van der Waals surface area contributed by atoms with Crippen molar-refractivity contribution in [3.8, 4) is 27.8 Å². The zero-order chi connectivity index (χ0) is 17.5. The molecule has 26 heavy (non-hydrogen) atoms. The van der Waals surface area contributed by atoms with Crippen molar-refractivity contribution in [3.05, 3.63) is 72.4 Å². The molecule has 0 radical (unpaired) electrons. The van der Waals surface area contributed by atoms with Crippen LogP contribution in [0.3, 0.4) is 0 Å². The minimum absolute atomic E-state index is 0.527. The Bertz CT molecular complexity index is 1190. The molecule has 0 N–H and O–H groups in total. The minimum atomic E-state index is 0.527. The number of hydrogen-bond donors (Lipinski definition) is 0. The van der Waals surface area contributed by atoms with Crippen LogP contribution in [0.4, 0.5) is 0 Å². The number of aromatic nitrogens is 4. The molecule has 0 amide bonds. The first-order valence-electron chi connectivity index (χ1n) is 8.24. The van der Waals surface area contributed by atoms with Gasteiger partial charge in [0.1, 0.15) is 4.83 Å². The molecule has 0 aliphatic heterocycles. The maximum atomic E-state index is 5.45. The minimum Gasteiger partial charge on any atom is -0.334 e. The molecule has 0 aliphatic carbocycles. The fourth-order valence-electron chi connectivity index (χ4n) is 2.92.